The van der Waals surface area contributed by atoms with Crippen molar-refractivity contribution in [2.24, 2.45) is 17.6 Å². The van der Waals surface area contributed by atoms with E-state index in [0.717, 1.165) is 12.1 Å². The first-order valence-electron chi connectivity index (χ1n) is 7.61. The first kappa shape index (κ1) is 14.8. The number of nitrogens with zero attached hydrogens (tertiary/aromatic N) is 2. The smallest absolute Gasteiger partial charge is 0.316 e. The second kappa shape index (κ2) is 5.57. The van der Waals surface area contributed by atoms with Crippen molar-refractivity contribution in [1.29, 1.82) is 0 Å². The van der Waals surface area contributed by atoms with Gasteiger partial charge in [0.25, 0.3) is 0 Å². The number of carboxylic acid groups (broad SMARTS) is 1. The Bertz CT molecular complexity index is 668. The van der Waals surface area contributed by atoms with Gasteiger partial charge in [-0.3, -0.25) is 4.79 Å². The molecule has 1 saturated carbocycles. The van der Waals surface area contributed by atoms with Gasteiger partial charge in [0.05, 0.1) is 12.0 Å². The van der Waals surface area contributed by atoms with Gasteiger partial charge in [-0.2, -0.15) is 0 Å². The Morgan fingerprint density at radius 3 is 2.86 bits per heavy atom. The summed E-state index contributed by atoms with van der Waals surface area (Å²) < 4.78 is 1.88. The standard InChI is InChI=1S/C17H21N3O2/c1-12(9-18)7-13-8-17(13,16(21)22)15-10-20(11-19-15)14-5-3-2-4-6-14/h2-6,10-13H,7-9,18H2,1H3,(H,21,22)/t12-,13-,17+/m0/s1. The van der Waals surface area contributed by atoms with E-state index >= 15 is 0 Å². The first-order valence-corrected chi connectivity index (χ1v) is 7.61. The molecule has 3 atom stereocenters. The lowest BCUT2D eigenvalue weighted by Crippen LogP contribution is -2.24. The molecule has 5 heteroatoms. The number of para-hydroxylation sites is 1. The average Bonchev–Trinajstić information content (AvgIpc) is 3.04. The summed E-state index contributed by atoms with van der Waals surface area (Å²) in [5.74, 6) is -0.315. The molecule has 0 saturated heterocycles. The second-order valence-corrected chi connectivity index (χ2v) is 6.26. The summed E-state index contributed by atoms with van der Waals surface area (Å²) in [6.07, 6.45) is 5.02. The quantitative estimate of drug-likeness (QED) is 0.857. The summed E-state index contributed by atoms with van der Waals surface area (Å²) in [6, 6.07) is 9.79. The molecule has 0 bridgehead atoms. The number of imidazole rings is 1. The number of aromatic nitrogens is 2. The van der Waals surface area contributed by atoms with Crippen molar-refractivity contribution in [3.05, 3.63) is 48.5 Å². The fourth-order valence-corrected chi connectivity index (χ4v) is 3.18. The highest BCUT2D eigenvalue weighted by molar-refractivity contribution is 5.85. The van der Waals surface area contributed by atoms with Crippen LogP contribution in [0.3, 0.4) is 0 Å². The molecule has 0 spiro atoms. The SMILES string of the molecule is C[C@H](CN)C[C@H]1C[C@]1(C(=O)O)c1cn(-c2ccccc2)cn1. The molecular weight excluding hydrogens is 278 g/mol. The summed E-state index contributed by atoms with van der Waals surface area (Å²) in [5.41, 5.74) is 6.47. The van der Waals surface area contributed by atoms with Gasteiger partial charge in [-0.1, -0.05) is 25.1 Å². The van der Waals surface area contributed by atoms with Crippen molar-refractivity contribution in [2.45, 2.75) is 25.2 Å². The van der Waals surface area contributed by atoms with E-state index in [1.807, 2.05) is 41.1 Å². The topological polar surface area (TPSA) is 81.1 Å². The normalized spacial score (nSPS) is 24.9. The van der Waals surface area contributed by atoms with Crippen molar-refractivity contribution < 1.29 is 9.90 Å². The molecule has 2 aromatic rings. The minimum Gasteiger partial charge on any atom is -0.481 e. The minimum atomic E-state index is -0.830. The van der Waals surface area contributed by atoms with Crippen LogP contribution < -0.4 is 5.73 Å². The summed E-state index contributed by atoms with van der Waals surface area (Å²) in [4.78, 5) is 16.2. The van der Waals surface area contributed by atoms with Gasteiger partial charge in [-0.05, 0) is 43.4 Å². The van der Waals surface area contributed by atoms with Gasteiger partial charge in [0, 0.05) is 11.9 Å². The third-order valence-electron chi connectivity index (χ3n) is 4.67. The maximum atomic E-state index is 11.8. The Hall–Kier alpha value is -2.14. The van der Waals surface area contributed by atoms with E-state index in [4.69, 9.17) is 5.73 Å². The van der Waals surface area contributed by atoms with E-state index in [-0.39, 0.29) is 5.92 Å². The summed E-state index contributed by atoms with van der Waals surface area (Å²) in [6.45, 7) is 2.65. The number of carbonyl (C=O) groups is 1. The van der Waals surface area contributed by atoms with Gasteiger partial charge in [0.2, 0.25) is 0 Å². The van der Waals surface area contributed by atoms with Crippen LogP contribution in [0.1, 0.15) is 25.5 Å². The zero-order valence-electron chi connectivity index (χ0n) is 12.6. The van der Waals surface area contributed by atoms with Crippen LogP contribution in [0.4, 0.5) is 0 Å². The Morgan fingerprint density at radius 2 is 2.23 bits per heavy atom. The van der Waals surface area contributed by atoms with Crippen LogP contribution in [0.5, 0.6) is 0 Å². The molecule has 0 aliphatic heterocycles. The van der Waals surface area contributed by atoms with Crippen LogP contribution in [0, 0.1) is 11.8 Å². The number of carboxylic acids is 1. The fraction of sp³-hybridized carbons (Fsp3) is 0.412. The van der Waals surface area contributed by atoms with Crippen molar-refractivity contribution in [3.63, 3.8) is 0 Å². The molecule has 22 heavy (non-hydrogen) atoms. The van der Waals surface area contributed by atoms with Crippen molar-refractivity contribution >= 4 is 5.97 Å². The third kappa shape index (κ3) is 2.41. The Balaban J connectivity index is 1.86. The number of hydrogen-bond acceptors (Lipinski definition) is 3. The van der Waals surface area contributed by atoms with Crippen LogP contribution in [-0.4, -0.2) is 27.2 Å². The number of benzene rings is 1. The van der Waals surface area contributed by atoms with Gasteiger partial charge in [0.1, 0.15) is 5.41 Å². The van der Waals surface area contributed by atoms with E-state index in [1.165, 1.54) is 0 Å². The minimum absolute atomic E-state index is 0.127. The molecular formula is C17H21N3O2. The van der Waals surface area contributed by atoms with Gasteiger partial charge in [0.15, 0.2) is 0 Å². The predicted octanol–water partition coefficient (Wildman–Crippen LogP) is 2.20. The largest absolute Gasteiger partial charge is 0.481 e. The van der Waals surface area contributed by atoms with Crippen LogP contribution in [0.25, 0.3) is 5.69 Å². The maximum absolute atomic E-state index is 11.8. The van der Waals surface area contributed by atoms with Crippen molar-refractivity contribution in [3.8, 4) is 5.69 Å². The van der Waals surface area contributed by atoms with Gasteiger partial charge < -0.3 is 15.4 Å². The number of aliphatic carboxylic acids is 1. The van der Waals surface area contributed by atoms with Gasteiger partial charge in [-0.25, -0.2) is 4.98 Å². The number of rotatable bonds is 6. The van der Waals surface area contributed by atoms with Crippen LogP contribution >= 0.6 is 0 Å². The molecule has 0 amide bonds. The second-order valence-electron chi connectivity index (χ2n) is 6.26. The van der Waals surface area contributed by atoms with Crippen molar-refractivity contribution in [1.82, 2.24) is 9.55 Å². The average molecular weight is 299 g/mol. The summed E-state index contributed by atoms with van der Waals surface area (Å²) >= 11 is 0. The number of hydrogen-bond donors (Lipinski definition) is 2. The summed E-state index contributed by atoms with van der Waals surface area (Å²) in [7, 11) is 0. The van der Waals surface area contributed by atoms with E-state index < -0.39 is 11.4 Å². The lowest BCUT2D eigenvalue weighted by Gasteiger charge is -2.12. The van der Waals surface area contributed by atoms with E-state index in [1.54, 1.807) is 6.33 Å². The molecule has 1 heterocycles. The lowest BCUT2D eigenvalue weighted by atomic mass is 9.94. The van der Waals surface area contributed by atoms with Crippen LogP contribution in [0.15, 0.2) is 42.9 Å². The molecule has 0 radical (unpaired) electrons. The molecule has 116 valence electrons. The molecule has 3 rings (SSSR count). The molecule has 1 fully saturated rings. The Kier molecular flexibility index (Phi) is 3.74. The zero-order valence-corrected chi connectivity index (χ0v) is 12.6. The van der Waals surface area contributed by atoms with E-state index in [9.17, 15) is 9.90 Å². The first-order chi connectivity index (χ1) is 10.6. The van der Waals surface area contributed by atoms with E-state index in [0.29, 0.717) is 24.6 Å². The van der Waals surface area contributed by atoms with Gasteiger partial charge in [-0.15, -0.1) is 0 Å². The Morgan fingerprint density at radius 1 is 1.50 bits per heavy atom. The van der Waals surface area contributed by atoms with Crippen LogP contribution in [-0.2, 0) is 10.2 Å². The third-order valence-corrected chi connectivity index (χ3v) is 4.67. The molecule has 5 nitrogen and oxygen atoms in total. The highest BCUT2D eigenvalue weighted by atomic mass is 16.4. The van der Waals surface area contributed by atoms with Crippen molar-refractivity contribution in [2.75, 3.05) is 6.54 Å². The fourth-order valence-electron chi connectivity index (χ4n) is 3.18. The molecule has 1 aliphatic carbocycles. The highest BCUT2D eigenvalue weighted by Crippen LogP contribution is 2.56. The Labute approximate surface area is 129 Å². The molecule has 0 unspecified atom stereocenters. The lowest BCUT2D eigenvalue weighted by molar-refractivity contribution is -0.140. The molecule has 3 N–H and O–H groups in total. The monoisotopic (exact) mass is 299 g/mol. The predicted molar refractivity (Wildman–Crippen MR) is 83.8 cm³/mol. The molecule has 1 aromatic carbocycles. The summed E-state index contributed by atoms with van der Waals surface area (Å²) in [5, 5.41) is 9.71. The van der Waals surface area contributed by atoms with Gasteiger partial charge >= 0.3 is 5.97 Å². The molecule has 1 aliphatic rings. The van der Waals surface area contributed by atoms with Crippen LogP contribution in [0.2, 0.25) is 0 Å². The number of nitrogens with two attached hydrogens (primary N) is 1. The zero-order chi connectivity index (χ0) is 15.7. The molecule has 1 aromatic heterocycles. The van der Waals surface area contributed by atoms with E-state index in [2.05, 4.69) is 11.9 Å². The maximum Gasteiger partial charge on any atom is 0.316 e. The highest BCUT2D eigenvalue weighted by Gasteiger charge is 2.62.